The molecule has 1 heterocycles. The fraction of sp³-hybridized carbons (Fsp3) is 0.0667. The van der Waals surface area contributed by atoms with Crippen LogP contribution in [0, 0.1) is 10.1 Å². The van der Waals surface area contributed by atoms with Crippen LogP contribution in [-0.4, -0.2) is 37.3 Å². The molecule has 0 unspecified atom stereocenters. The number of nitrogens with zero attached hydrogens (tertiary/aromatic N) is 5. The number of carbonyl (C=O) groups is 1. The zero-order chi connectivity index (χ0) is 17.8. The van der Waals surface area contributed by atoms with E-state index >= 15 is 0 Å². The number of anilines is 1. The van der Waals surface area contributed by atoms with Crippen molar-refractivity contribution in [2.24, 2.45) is 0 Å². The summed E-state index contributed by atoms with van der Waals surface area (Å²) in [7, 11) is 0. The van der Waals surface area contributed by atoms with Crippen LogP contribution in [0.25, 0.3) is 5.69 Å². The first kappa shape index (κ1) is 16.6. The van der Waals surface area contributed by atoms with Crippen LogP contribution < -0.4 is 5.32 Å². The van der Waals surface area contributed by atoms with Gasteiger partial charge in [0.25, 0.3) is 11.6 Å². The van der Waals surface area contributed by atoms with E-state index in [9.17, 15) is 14.9 Å². The average Bonchev–Trinajstić information content (AvgIpc) is 3.16. The largest absolute Gasteiger partial charge is 0.322 e. The van der Waals surface area contributed by atoms with Gasteiger partial charge in [0.05, 0.1) is 10.6 Å². The maximum atomic E-state index is 12.5. The number of rotatable bonds is 5. The summed E-state index contributed by atoms with van der Waals surface area (Å²) in [6, 6.07) is 11.3. The molecule has 0 bridgehead atoms. The van der Waals surface area contributed by atoms with Crippen LogP contribution in [0.5, 0.6) is 0 Å². The van der Waals surface area contributed by atoms with Gasteiger partial charge in [-0.25, -0.2) is 4.68 Å². The molecule has 3 rings (SSSR count). The molecule has 126 valence electrons. The molecular formula is C15H12N6O3S. The normalized spacial score (nSPS) is 10.4. The van der Waals surface area contributed by atoms with Gasteiger partial charge in [0.2, 0.25) is 0 Å². The van der Waals surface area contributed by atoms with Gasteiger partial charge in [-0.1, -0.05) is 6.07 Å². The first-order chi connectivity index (χ1) is 12.1. The van der Waals surface area contributed by atoms with Gasteiger partial charge in [0, 0.05) is 16.6 Å². The standard InChI is InChI=1S/C15H12N6O3S/c1-25-12-5-6-14(21(23)24)13(8-12)15(22)17-10-3-2-4-11(7-10)20-9-16-18-19-20/h2-9H,1H3,(H,17,22). The van der Waals surface area contributed by atoms with E-state index in [0.29, 0.717) is 11.4 Å². The van der Waals surface area contributed by atoms with Gasteiger partial charge in [-0.3, -0.25) is 14.9 Å². The maximum absolute atomic E-state index is 12.5. The van der Waals surface area contributed by atoms with E-state index in [0.717, 1.165) is 4.90 Å². The maximum Gasteiger partial charge on any atom is 0.282 e. The summed E-state index contributed by atoms with van der Waals surface area (Å²) in [4.78, 5) is 23.9. The van der Waals surface area contributed by atoms with Crippen molar-refractivity contribution in [3.8, 4) is 5.69 Å². The van der Waals surface area contributed by atoms with E-state index in [1.807, 2.05) is 6.26 Å². The summed E-state index contributed by atoms with van der Waals surface area (Å²) < 4.78 is 1.44. The average molecular weight is 356 g/mol. The van der Waals surface area contributed by atoms with E-state index in [1.165, 1.54) is 34.9 Å². The topological polar surface area (TPSA) is 116 Å². The Morgan fingerprint density at radius 2 is 2.12 bits per heavy atom. The van der Waals surface area contributed by atoms with Crippen molar-refractivity contribution in [1.29, 1.82) is 0 Å². The molecule has 10 heteroatoms. The molecule has 1 N–H and O–H groups in total. The highest BCUT2D eigenvalue weighted by Gasteiger charge is 2.21. The molecule has 0 radical (unpaired) electrons. The van der Waals surface area contributed by atoms with E-state index < -0.39 is 10.8 Å². The fourth-order valence-corrected chi connectivity index (χ4v) is 2.63. The van der Waals surface area contributed by atoms with Crippen LogP contribution >= 0.6 is 11.8 Å². The molecule has 25 heavy (non-hydrogen) atoms. The Bertz CT molecular complexity index is 929. The molecule has 0 aliphatic rings. The van der Waals surface area contributed by atoms with Crippen LogP contribution in [0.15, 0.2) is 53.7 Å². The number of hydrogen-bond acceptors (Lipinski definition) is 7. The van der Waals surface area contributed by atoms with Crippen LogP contribution in [-0.2, 0) is 0 Å². The number of hydrogen-bond donors (Lipinski definition) is 1. The summed E-state index contributed by atoms with van der Waals surface area (Å²) in [6.07, 6.45) is 3.26. The van der Waals surface area contributed by atoms with Crippen molar-refractivity contribution in [2.75, 3.05) is 11.6 Å². The lowest BCUT2D eigenvalue weighted by Crippen LogP contribution is -2.14. The zero-order valence-electron chi connectivity index (χ0n) is 13.0. The minimum Gasteiger partial charge on any atom is -0.322 e. The number of nitro benzene ring substituents is 1. The molecule has 3 aromatic rings. The minimum atomic E-state index is -0.573. The van der Waals surface area contributed by atoms with Crippen molar-refractivity contribution < 1.29 is 9.72 Å². The highest BCUT2D eigenvalue weighted by Crippen LogP contribution is 2.26. The summed E-state index contributed by atoms with van der Waals surface area (Å²) in [5.41, 5.74) is 0.883. The second kappa shape index (κ2) is 7.09. The lowest BCUT2D eigenvalue weighted by molar-refractivity contribution is -0.385. The number of carbonyl (C=O) groups excluding carboxylic acids is 1. The molecule has 9 nitrogen and oxygen atoms in total. The smallest absolute Gasteiger partial charge is 0.282 e. The van der Waals surface area contributed by atoms with Crippen molar-refractivity contribution in [1.82, 2.24) is 20.2 Å². The van der Waals surface area contributed by atoms with Gasteiger partial charge in [0.15, 0.2) is 0 Å². The lowest BCUT2D eigenvalue weighted by atomic mass is 10.1. The predicted octanol–water partition coefficient (Wildman–Crippen LogP) is 2.54. The minimum absolute atomic E-state index is 0.00433. The number of benzene rings is 2. The Morgan fingerprint density at radius 3 is 2.80 bits per heavy atom. The second-order valence-electron chi connectivity index (χ2n) is 4.90. The highest BCUT2D eigenvalue weighted by atomic mass is 32.2. The summed E-state index contributed by atoms with van der Waals surface area (Å²) in [6.45, 7) is 0. The molecule has 1 amide bonds. The molecule has 0 aliphatic carbocycles. The molecule has 0 spiro atoms. The molecular weight excluding hydrogens is 344 g/mol. The van der Waals surface area contributed by atoms with Gasteiger partial charge < -0.3 is 5.32 Å². The first-order valence-electron chi connectivity index (χ1n) is 7.05. The molecule has 0 atom stereocenters. The number of aromatic nitrogens is 4. The number of tetrazole rings is 1. The quantitative estimate of drug-likeness (QED) is 0.424. The van der Waals surface area contributed by atoms with Crippen molar-refractivity contribution >= 4 is 29.0 Å². The first-order valence-corrected chi connectivity index (χ1v) is 8.28. The molecule has 0 saturated carbocycles. The number of thioether (sulfide) groups is 1. The van der Waals surface area contributed by atoms with Crippen LogP contribution in [0.3, 0.4) is 0 Å². The number of amides is 1. The van der Waals surface area contributed by atoms with Crippen LogP contribution in [0.2, 0.25) is 0 Å². The molecule has 0 saturated heterocycles. The van der Waals surface area contributed by atoms with Crippen LogP contribution in [0.4, 0.5) is 11.4 Å². The monoisotopic (exact) mass is 356 g/mol. The summed E-state index contributed by atoms with van der Waals surface area (Å²) in [5, 5.41) is 24.7. The molecule has 0 fully saturated rings. The Hall–Kier alpha value is -3.27. The Morgan fingerprint density at radius 1 is 1.28 bits per heavy atom. The molecule has 1 aromatic heterocycles. The van der Waals surface area contributed by atoms with Crippen LogP contribution in [0.1, 0.15) is 10.4 Å². The van der Waals surface area contributed by atoms with Gasteiger partial charge in [-0.05, 0) is 47.0 Å². The Balaban J connectivity index is 1.90. The van der Waals surface area contributed by atoms with Gasteiger partial charge in [-0.2, -0.15) is 0 Å². The third-order valence-electron chi connectivity index (χ3n) is 3.36. The van der Waals surface area contributed by atoms with E-state index in [2.05, 4.69) is 20.8 Å². The predicted molar refractivity (Wildman–Crippen MR) is 92.0 cm³/mol. The van der Waals surface area contributed by atoms with E-state index in [1.54, 1.807) is 30.3 Å². The van der Waals surface area contributed by atoms with Gasteiger partial charge >= 0.3 is 0 Å². The highest BCUT2D eigenvalue weighted by molar-refractivity contribution is 7.98. The third kappa shape index (κ3) is 3.63. The number of nitrogens with one attached hydrogen (secondary N) is 1. The summed E-state index contributed by atoms with van der Waals surface area (Å²) in [5.74, 6) is -0.559. The Labute approximate surface area is 146 Å². The van der Waals surface area contributed by atoms with Gasteiger partial charge in [0.1, 0.15) is 11.9 Å². The molecule has 0 aliphatic heterocycles. The fourth-order valence-electron chi connectivity index (χ4n) is 2.19. The van der Waals surface area contributed by atoms with E-state index in [-0.39, 0.29) is 11.3 Å². The molecule has 2 aromatic carbocycles. The zero-order valence-corrected chi connectivity index (χ0v) is 13.8. The lowest BCUT2D eigenvalue weighted by Gasteiger charge is -2.08. The van der Waals surface area contributed by atoms with Crippen molar-refractivity contribution in [3.63, 3.8) is 0 Å². The SMILES string of the molecule is CSc1ccc([N+](=O)[O-])c(C(=O)Nc2cccc(-n3cnnn3)c2)c1. The third-order valence-corrected chi connectivity index (χ3v) is 4.09. The number of nitro groups is 1. The Kier molecular flexibility index (Phi) is 4.70. The summed E-state index contributed by atoms with van der Waals surface area (Å²) >= 11 is 1.40. The van der Waals surface area contributed by atoms with Crippen molar-refractivity contribution in [2.45, 2.75) is 4.90 Å². The van der Waals surface area contributed by atoms with Crippen molar-refractivity contribution in [3.05, 3.63) is 64.5 Å². The van der Waals surface area contributed by atoms with E-state index in [4.69, 9.17) is 0 Å². The second-order valence-corrected chi connectivity index (χ2v) is 5.78. The van der Waals surface area contributed by atoms with Gasteiger partial charge in [-0.15, -0.1) is 16.9 Å².